The second-order valence-corrected chi connectivity index (χ2v) is 4.11. The summed E-state index contributed by atoms with van der Waals surface area (Å²) in [5.74, 6) is 0.716. The molecule has 0 aliphatic rings. The lowest BCUT2D eigenvalue weighted by molar-refractivity contribution is 0.294. The Hall–Kier alpha value is -1.81. The summed E-state index contributed by atoms with van der Waals surface area (Å²) in [6.07, 6.45) is 1.57. The summed E-state index contributed by atoms with van der Waals surface area (Å²) in [6.45, 7) is 0.116. The molecule has 0 N–H and O–H groups in total. The molecule has 0 amide bonds. The van der Waals surface area contributed by atoms with Gasteiger partial charge in [-0.05, 0) is 18.2 Å². The molecule has 0 unspecified atom stereocenters. The van der Waals surface area contributed by atoms with Gasteiger partial charge in [-0.15, -0.1) is 11.6 Å². The molecule has 1 heterocycles. The molecule has 0 aliphatic carbocycles. The number of nitrogens with zero attached hydrogens (tertiary/aromatic N) is 1. The van der Waals surface area contributed by atoms with Gasteiger partial charge in [0.2, 0.25) is 0 Å². The maximum absolute atomic E-state index is 13.9. The molecule has 0 bridgehead atoms. The minimum Gasteiger partial charge on any atom is -0.494 e. The molecule has 1 aromatic carbocycles. The van der Waals surface area contributed by atoms with Crippen molar-refractivity contribution in [3.05, 3.63) is 53.6 Å². The molecule has 0 atom stereocenters. The minimum absolute atomic E-state index is 0.116. The van der Waals surface area contributed by atoms with E-state index in [0.717, 1.165) is 5.69 Å². The first-order valence-corrected chi connectivity index (χ1v) is 6.23. The second-order valence-electron chi connectivity index (χ2n) is 3.84. The third-order valence-electron chi connectivity index (χ3n) is 2.59. The summed E-state index contributed by atoms with van der Waals surface area (Å²) >= 11 is 5.64. The number of benzene rings is 1. The van der Waals surface area contributed by atoms with E-state index < -0.39 is 5.82 Å². The summed E-state index contributed by atoms with van der Waals surface area (Å²) < 4.78 is 24.2. The van der Waals surface area contributed by atoms with Crippen LogP contribution in [0.15, 0.2) is 36.5 Å². The van der Waals surface area contributed by atoms with Crippen molar-refractivity contribution in [1.29, 1.82) is 0 Å². The summed E-state index contributed by atoms with van der Waals surface area (Å²) in [7, 11) is 1.43. The van der Waals surface area contributed by atoms with Gasteiger partial charge in [-0.1, -0.05) is 12.1 Å². The van der Waals surface area contributed by atoms with Crippen LogP contribution in [0.5, 0.6) is 11.5 Å². The van der Waals surface area contributed by atoms with Crippen LogP contribution in [0, 0.1) is 5.82 Å². The largest absolute Gasteiger partial charge is 0.494 e. The average molecular weight is 282 g/mol. The molecule has 0 fully saturated rings. The van der Waals surface area contributed by atoms with E-state index in [-0.39, 0.29) is 12.4 Å². The fourth-order valence-electron chi connectivity index (χ4n) is 1.56. The summed E-state index contributed by atoms with van der Waals surface area (Å²) in [6, 6.07) is 8.45. The van der Waals surface area contributed by atoms with Gasteiger partial charge in [-0.3, -0.25) is 4.98 Å². The Labute approximate surface area is 115 Å². The Morgan fingerprint density at radius 1 is 1.26 bits per heavy atom. The van der Waals surface area contributed by atoms with E-state index in [2.05, 4.69) is 4.98 Å². The second kappa shape index (κ2) is 6.38. The summed E-state index contributed by atoms with van der Waals surface area (Å²) in [5, 5.41) is 0. The fourth-order valence-corrected chi connectivity index (χ4v) is 1.72. The topological polar surface area (TPSA) is 31.4 Å². The highest BCUT2D eigenvalue weighted by atomic mass is 35.5. The number of rotatable bonds is 5. The van der Waals surface area contributed by atoms with Gasteiger partial charge in [0.15, 0.2) is 11.6 Å². The lowest BCUT2D eigenvalue weighted by atomic mass is 10.2. The zero-order valence-corrected chi connectivity index (χ0v) is 11.2. The number of ether oxygens (including phenoxy) is 2. The highest BCUT2D eigenvalue weighted by molar-refractivity contribution is 6.16. The summed E-state index contributed by atoms with van der Waals surface area (Å²) in [4.78, 5) is 4.09. The number of pyridine rings is 1. The number of halogens is 2. The van der Waals surface area contributed by atoms with Crippen LogP contribution in [0.4, 0.5) is 4.39 Å². The van der Waals surface area contributed by atoms with E-state index in [1.54, 1.807) is 36.5 Å². The van der Waals surface area contributed by atoms with Crippen molar-refractivity contribution in [2.45, 2.75) is 12.5 Å². The summed E-state index contributed by atoms with van der Waals surface area (Å²) in [5.41, 5.74) is 1.20. The number of aromatic nitrogens is 1. The van der Waals surface area contributed by atoms with E-state index in [0.29, 0.717) is 17.2 Å². The van der Waals surface area contributed by atoms with Crippen LogP contribution in [0.1, 0.15) is 11.3 Å². The van der Waals surface area contributed by atoms with Crippen LogP contribution < -0.4 is 9.47 Å². The zero-order chi connectivity index (χ0) is 13.7. The molecule has 5 heteroatoms. The highest BCUT2D eigenvalue weighted by Crippen LogP contribution is 2.21. The SMILES string of the molecule is COc1cccc(COc2ccc(CCl)nc2)c1F. The third kappa shape index (κ3) is 3.35. The Kier molecular flexibility index (Phi) is 4.58. The van der Waals surface area contributed by atoms with E-state index in [1.165, 1.54) is 7.11 Å². The predicted octanol–water partition coefficient (Wildman–Crippen LogP) is 3.55. The Morgan fingerprint density at radius 3 is 2.74 bits per heavy atom. The molecule has 0 saturated heterocycles. The number of methoxy groups -OCH3 is 1. The minimum atomic E-state index is -0.407. The number of hydrogen-bond donors (Lipinski definition) is 0. The molecule has 0 aliphatic heterocycles. The van der Waals surface area contributed by atoms with Crippen molar-refractivity contribution in [2.75, 3.05) is 7.11 Å². The molecule has 0 radical (unpaired) electrons. The van der Waals surface area contributed by atoms with Crippen molar-refractivity contribution >= 4 is 11.6 Å². The molecule has 1 aromatic heterocycles. The zero-order valence-electron chi connectivity index (χ0n) is 10.4. The van der Waals surface area contributed by atoms with Crippen LogP contribution >= 0.6 is 11.6 Å². The van der Waals surface area contributed by atoms with Crippen molar-refractivity contribution in [3.8, 4) is 11.5 Å². The van der Waals surface area contributed by atoms with Gasteiger partial charge in [0.05, 0.1) is 24.9 Å². The van der Waals surface area contributed by atoms with Gasteiger partial charge < -0.3 is 9.47 Å². The normalized spacial score (nSPS) is 10.3. The van der Waals surface area contributed by atoms with Crippen LogP contribution in [-0.4, -0.2) is 12.1 Å². The van der Waals surface area contributed by atoms with Crippen LogP contribution in [0.2, 0.25) is 0 Å². The van der Waals surface area contributed by atoms with Gasteiger partial charge in [0, 0.05) is 5.56 Å². The van der Waals surface area contributed by atoms with Gasteiger partial charge >= 0.3 is 0 Å². The lowest BCUT2D eigenvalue weighted by Crippen LogP contribution is -2.00. The van der Waals surface area contributed by atoms with Gasteiger partial charge in [-0.2, -0.15) is 0 Å². The van der Waals surface area contributed by atoms with Gasteiger partial charge in [-0.25, -0.2) is 4.39 Å². The van der Waals surface area contributed by atoms with E-state index in [9.17, 15) is 4.39 Å². The predicted molar refractivity (Wildman–Crippen MR) is 71.1 cm³/mol. The quantitative estimate of drug-likeness (QED) is 0.786. The molecular formula is C14H13ClFNO2. The first kappa shape index (κ1) is 13.6. The molecule has 2 rings (SSSR count). The maximum atomic E-state index is 13.9. The molecule has 100 valence electrons. The number of alkyl halides is 1. The molecule has 2 aromatic rings. The lowest BCUT2D eigenvalue weighted by Gasteiger charge is -2.09. The van der Waals surface area contributed by atoms with Gasteiger partial charge in [0.1, 0.15) is 12.4 Å². The van der Waals surface area contributed by atoms with Crippen molar-refractivity contribution < 1.29 is 13.9 Å². The smallest absolute Gasteiger partial charge is 0.171 e. The first-order valence-electron chi connectivity index (χ1n) is 5.69. The van der Waals surface area contributed by atoms with Crippen molar-refractivity contribution in [1.82, 2.24) is 4.98 Å². The Balaban J connectivity index is 2.05. The van der Waals surface area contributed by atoms with Crippen LogP contribution in [-0.2, 0) is 12.5 Å². The first-order chi connectivity index (χ1) is 9.24. The Bertz CT molecular complexity index is 546. The molecule has 3 nitrogen and oxygen atoms in total. The Morgan fingerprint density at radius 2 is 2.11 bits per heavy atom. The molecule has 0 saturated carbocycles. The van der Waals surface area contributed by atoms with Crippen LogP contribution in [0.3, 0.4) is 0 Å². The third-order valence-corrected chi connectivity index (χ3v) is 2.87. The van der Waals surface area contributed by atoms with E-state index in [1.807, 2.05) is 0 Å². The fraction of sp³-hybridized carbons (Fsp3) is 0.214. The highest BCUT2D eigenvalue weighted by Gasteiger charge is 2.08. The number of hydrogen-bond acceptors (Lipinski definition) is 3. The van der Waals surface area contributed by atoms with Gasteiger partial charge in [0.25, 0.3) is 0 Å². The van der Waals surface area contributed by atoms with Crippen LogP contribution in [0.25, 0.3) is 0 Å². The molecular weight excluding hydrogens is 269 g/mol. The maximum Gasteiger partial charge on any atom is 0.171 e. The standard InChI is InChI=1S/C14H13ClFNO2/c1-18-13-4-2-3-10(14(13)16)9-19-12-6-5-11(7-15)17-8-12/h2-6,8H,7,9H2,1H3. The van der Waals surface area contributed by atoms with E-state index in [4.69, 9.17) is 21.1 Å². The van der Waals surface area contributed by atoms with Crippen molar-refractivity contribution in [3.63, 3.8) is 0 Å². The average Bonchev–Trinajstić information content (AvgIpc) is 2.47. The van der Waals surface area contributed by atoms with E-state index >= 15 is 0 Å². The van der Waals surface area contributed by atoms with Crippen molar-refractivity contribution in [2.24, 2.45) is 0 Å². The monoisotopic (exact) mass is 281 g/mol. The molecule has 19 heavy (non-hydrogen) atoms. The molecule has 0 spiro atoms.